The predicted molar refractivity (Wildman–Crippen MR) is 28.1 cm³/mol. The smallest absolute Gasteiger partial charge is 0.411 e. The van der Waals surface area contributed by atoms with E-state index in [2.05, 4.69) is 0 Å². The zero-order chi connectivity index (χ0) is 5.11. The quantitative estimate of drug-likeness (QED) is 0.413. The molecular weight excluding hydrogens is 90.9 g/mol. The number of hydrogen-bond donors (Lipinski definition) is 0. The first-order valence-electron chi connectivity index (χ1n) is 2.63. The zero-order valence-corrected chi connectivity index (χ0v) is 4.52. The van der Waals surface area contributed by atoms with Gasteiger partial charge in [-0.1, -0.05) is 0 Å². The van der Waals surface area contributed by atoms with E-state index in [0.717, 1.165) is 19.6 Å². The molecule has 0 saturated carbocycles. The summed E-state index contributed by atoms with van der Waals surface area (Å²) in [5.41, 5.74) is 0. The SMILES string of the molecule is CB1OCCCO1. The summed E-state index contributed by atoms with van der Waals surface area (Å²) in [5, 5.41) is 0. The van der Waals surface area contributed by atoms with Gasteiger partial charge in [-0.3, -0.25) is 0 Å². The van der Waals surface area contributed by atoms with Gasteiger partial charge in [-0.2, -0.15) is 0 Å². The summed E-state index contributed by atoms with van der Waals surface area (Å²) in [5.74, 6) is 0. The largest absolute Gasteiger partial charge is 0.453 e. The Labute approximate surface area is 43.9 Å². The lowest BCUT2D eigenvalue weighted by atomic mass is 9.94. The van der Waals surface area contributed by atoms with Crippen LogP contribution in [0.25, 0.3) is 0 Å². The van der Waals surface area contributed by atoms with E-state index >= 15 is 0 Å². The molecule has 0 amide bonds. The van der Waals surface area contributed by atoms with Gasteiger partial charge in [0.1, 0.15) is 0 Å². The molecule has 0 bridgehead atoms. The fraction of sp³-hybridized carbons (Fsp3) is 1.00. The lowest BCUT2D eigenvalue weighted by molar-refractivity contribution is 0.138. The minimum absolute atomic E-state index is 0.0359. The van der Waals surface area contributed by atoms with Crippen LogP contribution >= 0.6 is 0 Å². The van der Waals surface area contributed by atoms with E-state index in [-0.39, 0.29) is 7.12 Å². The normalized spacial score (nSPS) is 22.7. The van der Waals surface area contributed by atoms with Crippen LogP contribution in [0.15, 0.2) is 0 Å². The second-order valence-corrected chi connectivity index (χ2v) is 1.66. The molecule has 0 aromatic carbocycles. The van der Waals surface area contributed by atoms with Crippen LogP contribution in [0.3, 0.4) is 0 Å². The minimum atomic E-state index is 0.0359. The Morgan fingerprint density at radius 2 is 1.86 bits per heavy atom. The average Bonchev–Trinajstić information content (AvgIpc) is 1.69. The highest BCUT2D eigenvalue weighted by atomic mass is 16.6. The second kappa shape index (κ2) is 2.33. The molecule has 0 aromatic rings. The van der Waals surface area contributed by atoms with Crippen molar-refractivity contribution in [3.8, 4) is 0 Å². The third-order valence-electron chi connectivity index (χ3n) is 0.994. The monoisotopic (exact) mass is 100 g/mol. The van der Waals surface area contributed by atoms with Crippen LogP contribution in [0.5, 0.6) is 0 Å². The van der Waals surface area contributed by atoms with Gasteiger partial charge in [0, 0.05) is 13.2 Å². The molecule has 1 aliphatic heterocycles. The van der Waals surface area contributed by atoms with Gasteiger partial charge in [0.05, 0.1) is 0 Å². The van der Waals surface area contributed by atoms with Crippen molar-refractivity contribution in [2.45, 2.75) is 13.2 Å². The molecular formula is C4H9BO2. The van der Waals surface area contributed by atoms with E-state index in [9.17, 15) is 0 Å². The summed E-state index contributed by atoms with van der Waals surface area (Å²) in [4.78, 5) is 0. The topological polar surface area (TPSA) is 18.5 Å². The molecule has 0 N–H and O–H groups in total. The Hall–Kier alpha value is -0.0151. The highest BCUT2D eigenvalue weighted by Gasteiger charge is 2.12. The maximum Gasteiger partial charge on any atom is 0.453 e. The second-order valence-electron chi connectivity index (χ2n) is 1.66. The Morgan fingerprint density at radius 1 is 1.29 bits per heavy atom. The van der Waals surface area contributed by atoms with Crippen molar-refractivity contribution in [3.63, 3.8) is 0 Å². The fourth-order valence-corrected chi connectivity index (χ4v) is 0.606. The van der Waals surface area contributed by atoms with Gasteiger partial charge in [-0.15, -0.1) is 0 Å². The van der Waals surface area contributed by atoms with E-state index in [1.54, 1.807) is 0 Å². The van der Waals surface area contributed by atoms with E-state index in [0.29, 0.717) is 0 Å². The summed E-state index contributed by atoms with van der Waals surface area (Å²) in [6.45, 7) is 3.64. The number of hydrogen-bond acceptors (Lipinski definition) is 2. The first-order valence-corrected chi connectivity index (χ1v) is 2.63. The summed E-state index contributed by atoms with van der Waals surface area (Å²) in [6.07, 6.45) is 1.05. The third kappa shape index (κ3) is 1.49. The van der Waals surface area contributed by atoms with Gasteiger partial charge in [0.2, 0.25) is 0 Å². The van der Waals surface area contributed by atoms with Crippen molar-refractivity contribution in [2.75, 3.05) is 13.2 Å². The molecule has 3 heteroatoms. The van der Waals surface area contributed by atoms with Crippen LogP contribution in [0, 0.1) is 0 Å². The molecule has 0 spiro atoms. The van der Waals surface area contributed by atoms with Crippen molar-refractivity contribution >= 4 is 7.12 Å². The molecule has 1 aliphatic rings. The maximum absolute atomic E-state index is 5.06. The molecule has 1 heterocycles. The van der Waals surface area contributed by atoms with E-state index in [1.165, 1.54) is 0 Å². The molecule has 0 aromatic heterocycles. The summed E-state index contributed by atoms with van der Waals surface area (Å²) in [6, 6.07) is 0. The number of rotatable bonds is 0. The van der Waals surface area contributed by atoms with Gasteiger partial charge in [-0.25, -0.2) is 0 Å². The van der Waals surface area contributed by atoms with Gasteiger partial charge in [-0.05, 0) is 13.2 Å². The van der Waals surface area contributed by atoms with Crippen LogP contribution in [0.1, 0.15) is 6.42 Å². The molecule has 2 nitrogen and oxygen atoms in total. The third-order valence-corrected chi connectivity index (χ3v) is 0.994. The highest BCUT2D eigenvalue weighted by molar-refractivity contribution is 6.42. The maximum atomic E-state index is 5.06. The summed E-state index contributed by atoms with van der Waals surface area (Å²) < 4.78 is 10.1. The average molecular weight is 99.9 g/mol. The molecule has 0 unspecified atom stereocenters. The zero-order valence-electron chi connectivity index (χ0n) is 4.52. The van der Waals surface area contributed by atoms with E-state index < -0.39 is 0 Å². The molecule has 0 atom stereocenters. The summed E-state index contributed by atoms with van der Waals surface area (Å²) in [7, 11) is 0.0359. The van der Waals surface area contributed by atoms with Crippen molar-refractivity contribution in [2.24, 2.45) is 0 Å². The summed E-state index contributed by atoms with van der Waals surface area (Å²) >= 11 is 0. The van der Waals surface area contributed by atoms with Gasteiger partial charge < -0.3 is 9.31 Å². The lowest BCUT2D eigenvalue weighted by Gasteiger charge is -2.15. The van der Waals surface area contributed by atoms with E-state index in [1.807, 2.05) is 6.82 Å². The van der Waals surface area contributed by atoms with Crippen molar-refractivity contribution in [1.82, 2.24) is 0 Å². The van der Waals surface area contributed by atoms with E-state index in [4.69, 9.17) is 9.31 Å². The van der Waals surface area contributed by atoms with Crippen molar-refractivity contribution in [3.05, 3.63) is 0 Å². The molecule has 0 radical (unpaired) electrons. The molecule has 1 rings (SSSR count). The van der Waals surface area contributed by atoms with Crippen LogP contribution in [-0.2, 0) is 9.31 Å². The molecule has 7 heavy (non-hydrogen) atoms. The van der Waals surface area contributed by atoms with Crippen molar-refractivity contribution in [1.29, 1.82) is 0 Å². The Kier molecular flexibility index (Phi) is 1.71. The minimum Gasteiger partial charge on any atom is -0.411 e. The highest BCUT2D eigenvalue weighted by Crippen LogP contribution is 1.98. The lowest BCUT2D eigenvalue weighted by Crippen LogP contribution is -2.25. The fourth-order valence-electron chi connectivity index (χ4n) is 0.606. The first-order chi connectivity index (χ1) is 3.39. The van der Waals surface area contributed by atoms with Crippen LogP contribution in [0.2, 0.25) is 6.82 Å². The van der Waals surface area contributed by atoms with Crippen molar-refractivity contribution < 1.29 is 9.31 Å². The van der Waals surface area contributed by atoms with Gasteiger partial charge >= 0.3 is 7.12 Å². The molecule has 0 aliphatic carbocycles. The molecule has 1 fully saturated rings. The van der Waals surface area contributed by atoms with Crippen LogP contribution in [-0.4, -0.2) is 20.3 Å². The van der Waals surface area contributed by atoms with Gasteiger partial charge in [0.25, 0.3) is 0 Å². The Morgan fingerprint density at radius 3 is 2.14 bits per heavy atom. The predicted octanol–water partition coefficient (Wildman–Crippen LogP) is 0.541. The molecule has 1 saturated heterocycles. The standard InChI is InChI=1S/C4H9BO2/c1-5-6-3-2-4-7-5/h2-4H2,1H3. The Bertz CT molecular complexity index is 51.7. The van der Waals surface area contributed by atoms with Crippen LogP contribution < -0.4 is 0 Å². The molecule has 40 valence electrons. The Balaban J connectivity index is 2.12. The van der Waals surface area contributed by atoms with Crippen LogP contribution in [0.4, 0.5) is 0 Å². The van der Waals surface area contributed by atoms with Gasteiger partial charge in [0.15, 0.2) is 0 Å². The first kappa shape index (κ1) is 5.13.